The van der Waals surface area contributed by atoms with Crippen LogP contribution in [0.25, 0.3) is 11.3 Å². The monoisotopic (exact) mass is 567 g/mol. The number of hydrogen-bond acceptors (Lipinski definition) is 5. The van der Waals surface area contributed by atoms with Crippen LogP contribution in [0.15, 0.2) is 78.9 Å². The van der Waals surface area contributed by atoms with Crippen molar-refractivity contribution in [2.24, 2.45) is 0 Å². The van der Waals surface area contributed by atoms with E-state index in [2.05, 4.69) is 11.4 Å². The lowest BCUT2D eigenvalue weighted by Crippen LogP contribution is -2.41. The maximum atomic E-state index is 12.9. The third-order valence-corrected chi connectivity index (χ3v) is 7.32. The quantitative estimate of drug-likeness (QED) is 0.271. The fraction of sp³-hybridized carbons (Fsp3) is 0.250. The highest BCUT2D eigenvalue weighted by Gasteiger charge is 2.31. The van der Waals surface area contributed by atoms with Crippen molar-refractivity contribution in [3.63, 3.8) is 0 Å². The summed E-state index contributed by atoms with van der Waals surface area (Å²) in [7, 11) is 0. The first-order valence-corrected chi connectivity index (χ1v) is 13.9. The molecule has 0 spiro atoms. The molecular formula is C32H30ClN5O3. The lowest BCUT2D eigenvalue weighted by molar-refractivity contribution is -0.114. The standard InChI is InChI=1S/C32H30ClN5O3/c1-22(39)35-31-29(19-34)30(26-13-9-23(10-14-26)18-24-11-15-27(33)16-12-24)36-38(31)28-8-5-17-37(20-28)32(40)41-21-25-6-3-2-4-7-25/h2-4,6-7,9-16,28H,5,8,17-18,20-21H2,1H3,(H,35,39). The molecule has 1 N–H and O–H groups in total. The summed E-state index contributed by atoms with van der Waals surface area (Å²) < 4.78 is 7.24. The normalized spacial score (nSPS) is 14.8. The van der Waals surface area contributed by atoms with E-state index in [1.165, 1.54) is 6.92 Å². The number of nitriles is 1. The molecule has 41 heavy (non-hydrogen) atoms. The van der Waals surface area contributed by atoms with E-state index in [0.717, 1.165) is 41.5 Å². The van der Waals surface area contributed by atoms with Gasteiger partial charge in [0.1, 0.15) is 29.8 Å². The van der Waals surface area contributed by atoms with Gasteiger partial charge in [-0.3, -0.25) is 4.79 Å². The zero-order chi connectivity index (χ0) is 28.8. The van der Waals surface area contributed by atoms with Crippen molar-refractivity contribution in [3.05, 3.63) is 106 Å². The van der Waals surface area contributed by atoms with Gasteiger partial charge in [-0.05, 0) is 48.1 Å². The minimum absolute atomic E-state index is 0.191. The zero-order valence-corrected chi connectivity index (χ0v) is 23.5. The molecule has 2 heterocycles. The average Bonchev–Trinajstić information content (AvgIpc) is 3.35. The van der Waals surface area contributed by atoms with E-state index >= 15 is 0 Å². The molecule has 9 heteroatoms. The number of likely N-dealkylation sites (tertiary alicyclic amines) is 1. The summed E-state index contributed by atoms with van der Waals surface area (Å²) in [4.78, 5) is 26.7. The topological polar surface area (TPSA) is 100 Å². The Morgan fingerprint density at radius 2 is 1.71 bits per heavy atom. The van der Waals surface area contributed by atoms with Gasteiger partial charge in [-0.2, -0.15) is 10.4 Å². The predicted molar refractivity (Wildman–Crippen MR) is 157 cm³/mol. The number of halogens is 1. The van der Waals surface area contributed by atoms with Crippen LogP contribution in [-0.2, 0) is 22.6 Å². The molecule has 0 aliphatic carbocycles. The highest BCUT2D eigenvalue weighted by atomic mass is 35.5. The minimum Gasteiger partial charge on any atom is -0.445 e. The second kappa shape index (κ2) is 12.7. The number of hydrogen-bond donors (Lipinski definition) is 1. The molecule has 4 aromatic rings. The third kappa shape index (κ3) is 6.76. The number of piperidine rings is 1. The van der Waals surface area contributed by atoms with Crippen molar-refractivity contribution < 1.29 is 14.3 Å². The van der Waals surface area contributed by atoms with Crippen molar-refractivity contribution >= 4 is 29.4 Å². The maximum absolute atomic E-state index is 12.9. The molecule has 5 rings (SSSR count). The molecule has 1 unspecified atom stereocenters. The molecule has 2 amide bonds. The molecule has 1 aliphatic heterocycles. The first kappa shape index (κ1) is 27.9. The summed E-state index contributed by atoms with van der Waals surface area (Å²) in [6.45, 7) is 2.51. The molecule has 0 bridgehead atoms. The second-order valence-corrected chi connectivity index (χ2v) is 10.5. The van der Waals surface area contributed by atoms with Crippen molar-refractivity contribution in [2.45, 2.75) is 38.8 Å². The van der Waals surface area contributed by atoms with Gasteiger partial charge in [0.2, 0.25) is 5.91 Å². The van der Waals surface area contributed by atoms with Gasteiger partial charge >= 0.3 is 6.09 Å². The van der Waals surface area contributed by atoms with E-state index in [9.17, 15) is 14.9 Å². The molecule has 0 saturated carbocycles. The van der Waals surface area contributed by atoms with Gasteiger partial charge in [0.05, 0.1) is 6.04 Å². The van der Waals surface area contributed by atoms with Gasteiger partial charge in [0.25, 0.3) is 0 Å². The molecule has 1 saturated heterocycles. The van der Waals surface area contributed by atoms with Crippen LogP contribution < -0.4 is 5.32 Å². The Hall–Kier alpha value is -4.61. The maximum Gasteiger partial charge on any atom is 0.410 e. The first-order valence-electron chi connectivity index (χ1n) is 13.5. The van der Waals surface area contributed by atoms with Crippen molar-refractivity contribution in [1.29, 1.82) is 5.26 Å². The molecular weight excluding hydrogens is 538 g/mol. The van der Waals surface area contributed by atoms with Crippen molar-refractivity contribution in [1.82, 2.24) is 14.7 Å². The van der Waals surface area contributed by atoms with Gasteiger partial charge in [-0.15, -0.1) is 0 Å². The third-order valence-electron chi connectivity index (χ3n) is 7.07. The van der Waals surface area contributed by atoms with Gasteiger partial charge in [0.15, 0.2) is 0 Å². The van der Waals surface area contributed by atoms with Crippen molar-refractivity contribution in [3.8, 4) is 17.3 Å². The Kier molecular flexibility index (Phi) is 8.66. The number of carbonyl (C=O) groups excluding carboxylic acids is 2. The number of carbonyl (C=O) groups is 2. The zero-order valence-electron chi connectivity index (χ0n) is 22.7. The van der Waals surface area contributed by atoms with Crippen LogP contribution in [0.3, 0.4) is 0 Å². The summed E-state index contributed by atoms with van der Waals surface area (Å²) in [6.07, 6.45) is 1.82. The average molecular weight is 568 g/mol. The number of rotatable bonds is 7. The van der Waals surface area contributed by atoms with Crippen LogP contribution in [0.1, 0.15) is 48.1 Å². The van der Waals surface area contributed by atoms with E-state index in [0.29, 0.717) is 29.6 Å². The molecule has 1 aromatic heterocycles. The Morgan fingerprint density at radius 1 is 1.02 bits per heavy atom. The molecule has 1 fully saturated rings. The van der Waals surface area contributed by atoms with E-state index in [-0.39, 0.29) is 24.1 Å². The van der Waals surface area contributed by atoms with Gasteiger partial charge in [-0.25, -0.2) is 9.48 Å². The van der Waals surface area contributed by atoms with Crippen molar-refractivity contribution in [2.75, 3.05) is 18.4 Å². The van der Waals surface area contributed by atoms with Gasteiger partial charge in [-0.1, -0.05) is 78.3 Å². The Bertz CT molecular complexity index is 1560. The van der Waals surface area contributed by atoms with E-state index in [1.807, 2.05) is 78.9 Å². The fourth-order valence-electron chi connectivity index (χ4n) is 5.04. The highest BCUT2D eigenvalue weighted by molar-refractivity contribution is 6.30. The summed E-state index contributed by atoms with van der Waals surface area (Å²) >= 11 is 6.01. The molecule has 208 valence electrons. The van der Waals surface area contributed by atoms with Crippen LogP contribution in [0, 0.1) is 11.3 Å². The molecule has 0 radical (unpaired) electrons. The summed E-state index contributed by atoms with van der Waals surface area (Å²) in [5, 5.41) is 18.5. The number of aromatic nitrogens is 2. The minimum atomic E-state index is -0.399. The summed E-state index contributed by atoms with van der Waals surface area (Å²) in [5.74, 6) is 0.0344. The van der Waals surface area contributed by atoms with Crippen LogP contribution in [0.4, 0.5) is 10.6 Å². The Balaban J connectivity index is 1.37. The summed E-state index contributed by atoms with van der Waals surface area (Å²) in [5.41, 5.74) is 4.69. The second-order valence-electron chi connectivity index (χ2n) is 10.1. The largest absolute Gasteiger partial charge is 0.445 e. The fourth-order valence-corrected chi connectivity index (χ4v) is 5.17. The first-order chi connectivity index (χ1) is 19.9. The Labute approximate surface area is 244 Å². The number of ether oxygens (including phenoxy) is 1. The lowest BCUT2D eigenvalue weighted by atomic mass is 10.0. The highest BCUT2D eigenvalue weighted by Crippen LogP contribution is 2.34. The lowest BCUT2D eigenvalue weighted by Gasteiger charge is -2.32. The van der Waals surface area contributed by atoms with Crippen LogP contribution >= 0.6 is 11.6 Å². The summed E-state index contributed by atoms with van der Waals surface area (Å²) in [6, 6.07) is 27.2. The Morgan fingerprint density at radius 3 is 2.37 bits per heavy atom. The van der Waals surface area contributed by atoms with Crippen LogP contribution in [-0.4, -0.2) is 39.8 Å². The van der Waals surface area contributed by atoms with E-state index in [4.69, 9.17) is 21.4 Å². The van der Waals surface area contributed by atoms with E-state index in [1.54, 1.807) is 9.58 Å². The molecule has 1 aliphatic rings. The number of benzene rings is 3. The number of nitrogens with zero attached hydrogens (tertiary/aromatic N) is 4. The SMILES string of the molecule is CC(=O)Nc1c(C#N)c(-c2ccc(Cc3ccc(Cl)cc3)cc2)nn1C1CCCN(C(=O)OCc2ccccc2)C1. The van der Waals surface area contributed by atoms with E-state index < -0.39 is 6.09 Å². The van der Waals surface area contributed by atoms with Crippen LogP contribution in [0.2, 0.25) is 5.02 Å². The molecule has 1 atom stereocenters. The molecule has 8 nitrogen and oxygen atoms in total. The molecule has 3 aromatic carbocycles. The number of nitrogens with one attached hydrogen (secondary N) is 1. The van der Waals surface area contributed by atoms with Gasteiger partial charge < -0.3 is 15.0 Å². The van der Waals surface area contributed by atoms with Gasteiger partial charge in [0, 0.05) is 30.6 Å². The predicted octanol–water partition coefficient (Wildman–Crippen LogP) is 6.60. The van der Waals surface area contributed by atoms with Crippen LogP contribution in [0.5, 0.6) is 0 Å². The number of anilines is 1. The number of amides is 2. The smallest absolute Gasteiger partial charge is 0.410 e.